The maximum Gasteiger partial charge on any atom is 0.259 e. The average molecular weight is 423 g/mol. The fourth-order valence-electron chi connectivity index (χ4n) is 2.29. The number of nitrogens with two attached hydrogens (primary N) is 1. The normalized spacial score (nSPS) is 10.5. The molecule has 0 atom stereocenters. The summed E-state index contributed by atoms with van der Waals surface area (Å²) < 4.78 is 18.9. The lowest BCUT2D eigenvalue weighted by Crippen LogP contribution is -2.13. The molecule has 1 amide bonds. The summed E-state index contributed by atoms with van der Waals surface area (Å²) in [5.74, 6) is -0.498. The molecule has 0 aliphatic carbocycles. The van der Waals surface area contributed by atoms with Crippen molar-refractivity contribution in [2.75, 3.05) is 5.32 Å². The van der Waals surface area contributed by atoms with E-state index in [2.05, 4.69) is 5.32 Å². The van der Waals surface area contributed by atoms with Gasteiger partial charge >= 0.3 is 0 Å². The molecule has 0 aliphatic rings. The van der Waals surface area contributed by atoms with E-state index in [1.807, 2.05) is 6.07 Å². The Hall–Kier alpha value is -2.25. The maximum absolute atomic E-state index is 13.2. The van der Waals surface area contributed by atoms with E-state index >= 15 is 0 Å². The first-order valence-electron chi connectivity index (χ1n) is 7.67. The molecule has 0 saturated heterocycles. The van der Waals surface area contributed by atoms with Gasteiger partial charge in [-0.15, -0.1) is 0 Å². The van der Waals surface area contributed by atoms with Crippen LogP contribution in [0, 0.1) is 5.82 Å². The number of amides is 1. The van der Waals surface area contributed by atoms with Crippen LogP contribution in [0.1, 0.15) is 10.4 Å². The van der Waals surface area contributed by atoms with Crippen molar-refractivity contribution in [2.45, 2.75) is 4.90 Å². The second-order valence-corrected chi connectivity index (χ2v) is 6.97. The van der Waals surface area contributed by atoms with Crippen LogP contribution in [0.4, 0.5) is 10.1 Å². The van der Waals surface area contributed by atoms with E-state index in [-0.39, 0.29) is 22.1 Å². The zero-order valence-corrected chi connectivity index (χ0v) is 16.0. The van der Waals surface area contributed by atoms with Crippen molar-refractivity contribution < 1.29 is 13.9 Å². The van der Waals surface area contributed by atoms with Crippen LogP contribution in [0.25, 0.3) is 0 Å². The molecule has 0 bridgehead atoms. The summed E-state index contributed by atoms with van der Waals surface area (Å²) in [5.41, 5.74) is 0.821. The first kappa shape index (κ1) is 19.5. The molecule has 0 aromatic heterocycles. The molecule has 0 fully saturated rings. The van der Waals surface area contributed by atoms with Gasteiger partial charge in [0.2, 0.25) is 0 Å². The van der Waals surface area contributed by atoms with Crippen molar-refractivity contribution in [3.8, 4) is 11.5 Å². The Morgan fingerprint density at radius 1 is 1.04 bits per heavy atom. The number of ether oxygens (including phenoxy) is 1. The van der Waals surface area contributed by atoms with Gasteiger partial charge in [-0.05, 0) is 60.5 Å². The molecule has 138 valence electrons. The van der Waals surface area contributed by atoms with Gasteiger partial charge in [-0.3, -0.25) is 9.93 Å². The van der Waals surface area contributed by atoms with E-state index in [4.69, 9.17) is 33.1 Å². The van der Waals surface area contributed by atoms with E-state index < -0.39 is 11.7 Å². The minimum absolute atomic E-state index is 0.0778. The number of hydrogen-bond donors (Lipinski definition) is 2. The highest BCUT2D eigenvalue weighted by Gasteiger charge is 2.16. The third-order valence-electron chi connectivity index (χ3n) is 3.53. The number of benzene rings is 3. The maximum atomic E-state index is 13.2. The first-order valence-corrected chi connectivity index (χ1v) is 9.30. The molecule has 0 radical (unpaired) electrons. The highest BCUT2D eigenvalue weighted by molar-refractivity contribution is 7.97. The predicted octanol–water partition coefficient (Wildman–Crippen LogP) is 6.14. The Labute approximate surface area is 169 Å². The molecule has 0 aliphatic heterocycles. The standard InChI is InChI=1S/C19H13Cl2FN2O2S/c20-11-4-6-15(19(25)24-13-2-1-3-14(10-13)27-23)18(8-11)26-17-7-5-12(22)9-16(17)21/h1-10H,23H2,(H,24,25). The van der Waals surface area contributed by atoms with Crippen molar-refractivity contribution in [2.24, 2.45) is 5.14 Å². The SMILES string of the molecule is NSc1cccc(NC(=O)c2ccc(Cl)cc2Oc2ccc(F)cc2Cl)c1. The monoisotopic (exact) mass is 422 g/mol. The molecule has 4 nitrogen and oxygen atoms in total. The van der Waals surface area contributed by atoms with Crippen LogP contribution in [0.5, 0.6) is 11.5 Å². The lowest BCUT2D eigenvalue weighted by molar-refractivity contribution is 0.102. The topological polar surface area (TPSA) is 64.3 Å². The summed E-state index contributed by atoms with van der Waals surface area (Å²) >= 11 is 13.1. The van der Waals surface area contributed by atoms with Crippen molar-refractivity contribution >= 4 is 46.7 Å². The lowest BCUT2D eigenvalue weighted by atomic mass is 10.1. The Morgan fingerprint density at radius 2 is 1.85 bits per heavy atom. The van der Waals surface area contributed by atoms with E-state index in [9.17, 15) is 9.18 Å². The Kier molecular flexibility index (Phi) is 6.23. The summed E-state index contributed by atoms with van der Waals surface area (Å²) in [5, 5.41) is 8.77. The van der Waals surface area contributed by atoms with Gasteiger partial charge in [0.15, 0.2) is 0 Å². The number of hydrogen-bond acceptors (Lipinski definition) is 4. The quantitative estimate of drug-likeness (QED) is 0.484. The highest BCUT2D eigenvalue weighted by atomic mass is 35.5. The third-order valence-corrected chi connectivity index (χ3v) is 4.59. The number of halogens is 3. The van der Waals surface area contributed by atoms with Gasteiger partial charge in [0.1, 0.15) is 17.3 Å². The molecule has 3 aromatic rings. The van der Waals surface area contributed by atoms with Gasteiger partial charge < -0.3 is 10.1 Å². The van der Waals surface area contributed by atoms with Gasteiger partial charge in [-0.1, -0.05) is 29.3 Å². The minimum atomic E-state index is -0.492. The number of anilines is 1. The molecular weight excluding hydrogens is 410 g/mol. The summed E-state index contributed by atoms with van der Waals surface area (Å²) in [6.07, 6.45) is 0. The van der Waals surface area contributed by atoms with Crippen LogP contribution >= 0.6 is 35.1 Å². The van der Waals surface area contributed by atoms with E-state index in [0.29, 0.717) is 10.7 Å². The van der Waals surface area contributed by atoms with Crippen LogP contribution < -0.4 is 15.2 Å². The molecule has 8 heteroatoms. The van der Waals surface area contributed by atoms with E-state index in [1.54, 1.807) is 24.3 Å². The van der Waals surface area contributed by atoms with Gasteiger partial charge in [-0.25, -0.2) is 4.39 Å². The van der Waals surface area contributed by atoms with E-state index in [0.717, 1.165) is 22.9 Å². The Bertz CT molecular complexity index is 1000. The summed E-state index contributed by atoms with van der Waals surface area (Å²) in [6.45, 7) is 0. The zero-order valence-electron chi connectivity index (χ0n) is 13.7. The fraction of sp³-hybridized carbons (Fsp3) is 0. The number of carbonyl (C=O) groups is 1. The molecule has 3 N–H and O–H groups in total. The number of nitrogens with one attached hydrogen (secondary N) is 1. The van der Waals surface area contributed by atoms with Crippen LogP contribution in [0.2, 0.25) is 10.0 Å². The summed E-state index contributed by atoms with van der Waals surface area (Å²) in [7, 11) is 0. The lowest BCUT2D eigenvalue weighted by Gasteiger charge is -2.13. The molecule has 27 heavy (non-hydrogen) atoms. The summed E-state index contributed by atoms with van der Waals surface area (Å²) in [4.78, 5) is 13.5. The molecular formula is C19H13Cl2FN2O2S. The average Bonchev–Trinajstić information content (AvgIpc) is 2.64. The van der Waals surface area contributed by atoms with Crippen molar-refractivity contribution in [1.29, 1.82) is 0 Å². The van der Waals surface area contributed by atoms with Crippen LogP contribution in [0.3, 0.4) is 0 Å². The first-order chi connectivity index (χ1) is 13.0. The van der Waals surface area contributed by atoms with Gasteiger partial charge in [0.25, 0.3) is 5.91 Å². The Balaban J connectivity index is 1.89. The van der Waals surface area contributed by atoms with Crippen molar-refractivity contribution in [3.05, 3.63) is 82.1 Å². The van der Waals surface area contributed by atoms with Gasteiger partial charge in [0, 0.05) is 21.7 Å². The largest absolute Gasteiger partial charge is 0.455 e. The van der Waals surface area contributed by atoms with Crippen molar-refractivity contribution in [3.63, 3.8) is 0 Å². The van der Waals surface area contributed by atoms with Gasteiger partial charge in [0.05, 0.1) is 10.6 Å². The third kappa shape index (κ3) is 4.93. The minimum Gasteiger partial charge on any atom is -0.455 e. The smallest absolute Gasteiger partial charge is 0.259 e. The molecule has 3 aromatic carbocycles. The molecule has 0 unspecified atom stereocenters. The van der Waals surface area contributed by atoms with Crippen molar-refractivity contribution in [1.82, 2.24) is 0 Å². The molecule has 0 saturated carbocycles. The Morgan fingerprint density at radius 3 is 2.59 bits per heavy atom. The molecule has 0 heterocycles. The molecule has 3 rings (SSSR count). The van der Waals surface area contributed by atoms with Crippen LogP contribution in [0.15, 0.2) is 65.6 Å². The van der Waals surface area contributed by atoms with Gasteiger partial charge in [-0.2, -0.15) is 0 Å². The fourth-order valence-corrected chi connectivity index (χ4v) is 3.01. The van der Waals surface area contributed by atoms with Crippen LogP contribution in [-0.2, 0) is 0 Å². The summed E-state index contributed by atoms with van der Waals surface area (Å²) in [6, 6.07) is 15.4. The number of rotatable bonds is 5. The zero-order chi connectivity index (χ0) is 19.4. The van der Waals surface area contributed by atoms with Crippen LogP contribution in [-0.4, -0.2) is 5.91 Å². The highest BCUT2D eigenvalue weighted by Crippen LogP contribution is 2.33. The van der Waals surface area contributed by atoms with E-state index in [1.165, 1.54) is 24.3 Å². The second kappa shape index (κ2) is 8.63. The number of carbonyl (C=O) groups excluding carboxylic acids is 1. The second-order valence-electron chi connectivity index (χ2n) is 5.42. The predicted molar refractivity (Wildman–Crippen MR) is 107 cm³/mol. The molecule has 0 spiro atoms.